The second-order valence-corrected chi connectivity index (χ2v) is 6.29. The van der Waals surface area contributed by atoms with Gasteiger partial charge in [-0.15, -0.1) is 0 Å². The van der Waals surface area contributed by atoms with Crippen molar-refractivity contribution < 1.29 is 18.4 Å². The normalized spacial score (nSPS) is 14.3. The second kappa shape index (κ2) is 15.4. The molecule has 0 aliphatic carbocycles. The van der Waals surface area contributed by atoms with Crippen molar-refractivity contribution in [2.75, 3.05) is 51.1 Å². The minimum Gasteiger partial charge on any atom is -0.379 e. The molecule has 2 atom stereocenters. The Morgan fingerprint density at radius 3 is 2.05 bits per heavy atom. The molecule has 0 fully saturated rings. The number of hydrogen-bond acceptors (Lipinski definition) is 5. The van der Waals surface area contributed by atoms with E-state index in [2.05, 4.69) is 6.92 Å². The van der Waals surface area contributed by atoms with Gasteiger partial charge >= 0.3 is 0 Å². The molecule has 2 N–H and O–H groups in total. The average molecular weight is 309 g/mol. The molecule has 0 aromatic rings. The highest BCUT2D eigenvalue weighted by Crippen LogP contribution is 1.92. The van der Waals surface area contributed by atoms with Crippen LogP contribution in [-0.4, -0.2) is 61.4 Å². The van der Waals surface area contributed by atoms with Gasteiger partial charge in [0, 0.05) is 35.0 Å². The van der Waals surface area contributed by atoms with Crippen LogP contribution in [0, 0.1) is 0 Å². The summed E-state index contributed by atoms with van der Waals surface area (Å²) >= 11 is 0. The predicted octanol–water partition coefficient (Wildman–Crippen LogP) is 1.32. The Morgan fingerprint density at radius 2 is 1.50 bits per heavy atom. The first kappa shape index (κ1) is 20.0. The van der Waals surface area contributed by atoms with Crippen molar-refractivity contribution in [3.05, 3.63) is 0 Å². The van der Waals surface area contributed by atoms with Crippen LogP contribution in [0.3, 0.4) is 0 Å². The van der Waals surface area contributed by atoms with Gasteiger partial charge in [0.05, 0.1) is 33.0 Å². The number of rotatable bonds is 15. The molecule has 0 aliphatic heterocycles. The van der Waals surface area contributed by atoms with E-state index < -0.39 is 10.8 Å². The zero-order chi connectivity index (χ0) is 15.1. The summed E-state index contributed by atoms with van der Waals surface area (Å²) < 4.78 is 27.7. The predicted molar refractivity (Wildman–Crippen MR) is 83.5 cm³/mol. The van der Waals surface area contributed by atoms with E-state index in [1.54, 1.807) is 0 Å². The lowest BCUT2D eigenvalue weighted by Crippen LogP contribution is -2.27. The van der Waals surface area contributed by atoms with Gasteiger partial charge in [0.15, 0.2) is 0 Å². The third-order valence-electron chi connectivity index (χ3n) is 2.77. The van der Waals surface area contributed by atoms with Crippen molar-refractivity contribution in [2.24, 2.45) is 5.73 Å². The molecule has 0 aliphatic rings. The maximum absolute atomic E-state index is 11.6. The largest absolute Gasteiger partial charge is 0.379 e. The standard InChI is InChI=1S/C14H31NO4S/c1-3-5-6-17-7-8-18-9-10-19-11-12-20(16)13-14(15)4-2/h14H,3-13,15H2,1-2H3. The van der Waals surface area contributed by atoms with Crippen LogP contribution in [0.1, 0.15) is 33.1 Å². The van der Waals surface area contributed by atoms with Gasteiger partial charge in [0.25, 0.3) is 0 Å². The van der Waals surface area contributed by atoms with Crippen molar-refractivity contribution in [3.63, 3.8) is 0 Å². The molecule has 20 heavy (non-hydrogen) atoms. The van der Waals surface area contributed by atoms with Gasteiger partial charge in [-0.2, -0.15) is 0 Å². The van der Waals surface area contributed by atoms with Gasteiger partial charge in [-0.1, -0.05) is 20.3 Å². The van der Waals surface area contributed by atoms with Crippen LogP contribution >= 0.6 is 0 Å². The van der Waals surface area contributed by atoms with Crippen LogP contribution in [0.4, 0.5) is 0 Å². The zero-order valence-electron chi connectivity index (χ0n) is 13.0. The zero-order valence-corrected chi connectivity index (χ0v) is 13.8. The SMILES string of the molecule is CCCCOCCOCCOCCS(=O)CC(N)CC. The van der Waals surface area contributed by atoms with Crippen molar-refractivity contribution in [1.29, 1.82) is 0 Å². The summed E-state index contributed by atoms with van der Waals surface area (Å²) in [7, 11) is -0.874. The van der Waals surface area contributed by atoms with Crippen LogP contribution in [0.25, 0.3) is 0 Å². The number of ether oxygens (including phenoxy) is 3. The molecular formula is C14H31NO4S. The van der Waals surface area contributed by atoms with E-state index in [-0.39, 0.29) is 6.04 Å². The molecule has 0 heterocycles. The summed E-state index contributed by atoms with van der Waals surface area (Å²) in [5.41, 5.74) is 5.74. The molecule has 2 unspecified atom stereocenters. The van der Waals surface area contributed by atoms with E-state index in [4.69, 9.17) is 19.9 Å². The lowest BCUT2D eigenvalue weighted by Gasteiger charge is -2.09. The highest BCUT2D eigenvalue weighted by molar-refractivity contribution is 7.85. The van der Waals surface area contributed by atoms with E-state index in [0.717, 1.165) is 25.9 Å². The van der Waals surface area contributed by atoms with Crippen molar-refractivity contribution >= 4 is 10.8 Å². The highest BCUT2D eigenvalue weighted by atomic mass is 32.2. The Labute approximate surface area is 126 Å². The maximum atomic E-state index is 11.6. The van der Waals surface area contributed by atoms with Gasteiger partial charge in [-0.05, 0) is 12.8 Å². The smallest absolute Gasteiger partial charge is 0.0701 e. The first-order valence-electron chi connectivity index (χ1n) is 7.54. The van der Waals surface area contributed by atoms with Gasteiger partial charge < -0.3 is 19.9 Å². The summed E-state index contributed by atoms with van der Waals surface area (Å²) in [4.78, 5) is 0. The van der Waals surface area contributed by atoms with E-state index in [9.17, 15) is 4.21 Å². The van der Waals surface area contributed by atoms with Gasteiger partial charge in [0.2, 0.25) is 0 Å². The molecule has 122 valence electrons. The molecule has 0 bridgehead atoms. The minimum absolute atomic E-state index is 0.0341. The van der Waals surface area contributed by atoms with Crippen LogP contribution in [-0.2, 0) is 25.0 Å². The Hall–Kier alpha value is -0.0100. The van der Waals surface area contributed by atoms with E-state index in [1.165, 1.54) is 0 Å². The second-order valence-electron chi connectivity index (χ2n) is 4.67. The molecule has 0 rings (SSSR count). The molecule has 6 heteroatoms. The minimum atomic E-state index is -0.874. The van der Waals surface area contributed by atoms with E-state index in [1.807, 2.05) is 6.92 Å². The van der Waals surface area contributed by atoms with E-state index >= 15 is 0 Å². The maximum Gasteiger partial charge on any atom is 0.0701 e. The van der Waals surface area contributed by atoms with Crippen molar-refractivity contribution in [2.45, 2.75) is 39.2 Å². The van der Waals surface area contributed by atoms with E-state index in [0.29, 0.717) is 44.5 Å². The summed E-state index contributed by atoms with van der Waals surface area (Å²) in [5, 5.41) is 0. The highest BCUT2D eigenvalue weighted by Gasteiger charge is 2.05. The number of unbranched alkanes of at least 4 members (excludes halogenated alkanes) is 1. The Balaban J connectivity index is 3.14. The van der Waals surface area contributed by atoms with Gasteiger partial charge in [-0.3, -0.25) is 4.21 Å². The molecule has 0 radical (unpaired) electrons. The quantitative estimate of drug-likeness (QED) is 0.462. The molecule has 5 nitrogen and oxygen atoms in total. The fourth-order valence-corrected chi connectivity index (χ4v) is 2.56. The Morgan fingerprint density at radius 1 is 0.950 bits per heavy atom. The lowest BCUT2D eigenvalue weighted by atomic mass is 10.3. The molecule has 0 saturated heterocycles. The third-order valence-corrected chi connectivity index (χ3v) is 4.19. The summed E-state index contributed by atoms with van der Waals surface area (Å²) in [6.45, 7) is 7.77. The first-order valence-corrected chi connectivity index (χ1v) is 9.03. The molecule has 0 aromatic heterocycles. The van der Waals surface area contributed by atoms with Gasteiger partial charge in [0.1, 0.15) is 0 Å². The fraction of sp³-hybridized carbons (Fsp3) is 1.00. The Bertz CT molecular complexity index is 229. The van der Waals surface area contributed by atoms with Crippen LogP contribution in [0.5, 0.6) is 0 Å². The van der Waals surface area contributed by atoms with Crippen molar-refractivity contribution in [1.82, 2.24) is 0 Å². The topological polar surface area (TPSA) is 70.8 Å². The third kappa shape index (κ3) is 14.4. The Kier molecular flexibility index (Phi) is 15.4. The van der Waals surface area contributed by atoms with Crippen molar-refractivity contribution in [3.8, 4) is 0 Å². The molecule has 0 amide bonds. The molecule has 0 spiro atoms. The summed E-state index contributed by atoms with van der Waals surface area (Å²) in [5.74, 6) is 1.11. The first-order chi connectivity index (χ1) is 9.70. The fourth-order valence-electron chi connectivity index (χ4n) is 1.38. The summed E-state index contributed by atoms with van der Waals surface area (Å²) in [6, 6.07) is 0.0341. The van der Waals surface area contributed by atoms with Crippen LogP contribution in [0.2, 0.25) is 0 Å². The average Bonchev–Trinajstić information content (AvgIpc) is 2.44. The molecule has 0 saturated carbocycles. The number of hydrogen-bond donors (Lipinski definition) is 1. The monoisotopic (exact) mass is 309 g/mol. The van der Waals surface area contributed by atoms with Crippen LogP contribution < -0.4 is 5.73 Å². The number of nitrogens with two attached hydrogens (primary N) is 1. The molecule has 0 aromatic carbocycles. The van der Waals surface area contributed by atoms with Crippen LogP contribution in [0.15, 0.2) is 0 Å². The molecular weight excluding hydrogens is 278 g/mol. The van der Waals surface area contributed by atoms with Gasteiger partial charge in [-0.25, -0.2) is 0 Å². The lowest BCUT2D eigenvalue weighted by molar-refractivity contribution is 0.0168. The summed E-state index contributed by atoms with van der Waals surface area (Å²) in [6.07, 6.45) is 3.11.